The van der Waals surface area contributed by atoms with E-state index < -0.39 is 17.7 Å². The number of rotatable bonds is 6. The molecule has 5 heteroatoms. The predicted molar refractivity (Wildman–Crippen MR) is 111 cm³/mol. The fraction of sp³-hybridized carbons (Fsp3) is 0.520. The molecule has 1 fully saturated rings. The van der Waals surface area contributed by atoms with E-state index in [2.05, 4.69) is 26.0 Å². The minimum atomic E-state index is -5.59. The van der Waals surface area contributed by atoms with E-state index in [1.807, 2.05) is 12.1 Å². The van der Waals surface area contributed by atoms with Gasteiger partial charge >= 0.3 is 12.1 Å². The first-order valence-electron chi connectivity index (χ1n) is 10.8. The zero-order valence-corrected chi connectivity index (χ0v) is 17.5. The van der Waals surface area contributed by atoms with Crippen molar-refractivity contribution in [2.45, 2.75) is 70.4 Å². The monoisotopic (exact) mass is 424 g/mol. The Kier molecular flexibility index (Phi) is 6.88. The first-order chi connectivity index (χ1) is 14.1. The molecule has 0 radical (unpaired) electrons. The zero-order valence-electron chi connectivity index (χ0n) is 17.5. The van der Waals surface area contributed by atoms with Gasteiger partial charge in [-0.1, -0.05) is 68.8 Å². The van der Waals surface area contributed by atoms with Crippen LogP contribution >= 0.6 is 0 Å². The Hall–Kier alpha value is -1.91. The molecule has 0 N–H and O–H groups in total. The molecule has 0 bridgehead atoms. The molecule has 1 saturated carbocycles. The lowest BCUT2D eigenvalue weighted by molar-refractivity contribution is -0.289. The van der Waals surface area contributed by atoms with Gasteiger partial charge in [0.1, 0.15) is 0 Å². The lowest BCUT2D eigenvalue weighted by Gasteiger charge is -2.30. The standard InChI is InChI=1S/C25H29F5/c1-3-17(2)16-18-4-6-19(7-5-18)20-8-10-21(11-9-20)22-12-14-23(15-13-22)24(26,27)25(28,29)30/h8-15,17-19H,3-7,16H2,1-2H3. The molecule has 0 aromatic heterocycles. The number of halogens is 5. The first kappa shape index (κ1) is 22.8. The molecule has 0 aliphatic heterocycles. The molecule has 2 aromatic carbocycles. The van der Waals surface area contributed by atoms with Gasteiger partial charge in [0.15, 0.2) is 0 Å². The van der Waals surface area contributed by atoms with Crippen molar-refractivity contribution in [1.82, 2.24) is 0 Å². The molecule has 0 heterocycles. The molecule has 0 spiro atoms. The van der Waals surface area contributed by atoms with E-state index in [1.165, 1.54) is 56.2 Å². The summed E-state index contributed by atoms with van der Waals surface area (Å²) >= 11 is 0. The molecule has 30 heavy (non-hydrogen) atoms. The molecular weight excluding hydrogens is 395 g/mol. The van der Waals surface area contributed by atoms with E-state index in [1.54, 1.807) is 0 Å². The second-order valence-electron chi connectivity index (χ2n) is 8.74. The summed E-state index contributed by atoms with van der Waals surface area (Å²) in [7, 11) is 0. The van der Waals surface area contributed by atoms with Crippen LogP contribution in [-0.2, 0) is 5.92 Å². The third-order valence-corrected chi connectivity index (χ3v) is 6.60. The molecule has 2 aromatic rings. The molecule has 1 atom stereocenters. The second-order valence-corrected chi connectivity index (χ2v) is 8.74. The number of alkyl halides is 5. The first-order valence-corrected chi connectivity index (χ1v) is 10.8. The highest BCUT2D eigenvalue weighted by atomic mass is 19.4. The van der Waals surface area contributed by atoms with Gasteiger partial charge in [-0.05, 0) is 66.5 Å². The summed E-state index contributed by atoms with van der Waals surface area (Å²) in [4.78, 5) is 0. The van der Waals surface area contributed by atoms with Crippen LogP contribution in [0.1, 0.15) is 69.4 Å². The Morgan fingerprint density at radius 2 is 1.30 bits per heavy atom. The summed E-state index contributed by atoms with van der Waals surface area (Å²) in [6, 6.07) is 12.3. The molecule has 3 rings (SSSR count). The maximum atomic E-state index is 13.4. The van der Waals surface area contributed by atoms with Crippen LogP contribution in [0.5, 0.6) is 0 Å². The van der Waals surface area contributed by atoms with Crippen LogP contribution in [0.15, 0.2) is 48.5 Å². The second kappa shape index (κ2) is 9.07. The third kappa shape index (κ3) is 5.04. The van der Waals surface area contributed by atoms with Gasteiger partial charge in [-0.25, -0.2) is 0 Å². The van der Waals surface area contributed by atoms with E-state index in [-0.39, 0.29) is 0 Å². The van der Waals surface area contributed by atoms with Crippen molar-refractivity contribution in [3.05, 3.63) is 59.7 Å². The van der Waals surface area contributed by atoms with Crippen LogP contribution in [0.2, 0.25) is 0 Å². The van der Waals surface area contributed by atoms with Gasteiger partial charge in [0.05, 0.1) is 0 Å². The SMILES string of the molecule is CCC(C)CC1CCC(c2ccc(-c3ccc(C(F)(F)C(F)(F)F)cc3)cc2)CC1. The maximum Gasteiger partial charge on any atom is 0.458 e. The van der Waals surface area contributed by atoms with Crippen molar-refractivity contribution < 1.29 is 22.0 Å². The highest BCUT2D eigenvalue weighted by molar-refractivity contribution is 5.64. The highest BCUT2D eigenvalue weighted by Crippen LogP contribution is 2.44. The van der Waals surface area contributed by atoms with E-state index in [4.69, 9.17) is 0 Å². The number of benzene rings is 2. The van der Waals surface area contributed by atoms with Crippen molar-refractivity contribution in [3.63, 3.8) is 0 Å². The Morgan fingerprint density at radius 1 is 0.800 bits per heavy atom. The Morgan fingerprint density at radius 3 is 1.77 bits per heavy atom. The van der Waals surface area contributed by atoms with Crippen molar-refractivity contribution in [3.8, 4) is 11.1 Å². The van der Waals surface area contributed by atoms with E-state index in [0.717, 1.165) is 29.5 Å². The molecular formula is C25H29F5. The average molecular weight is 424 g/mol. The predicted octanol–water partition coefficient (Wildman–Crippen LogP) is 8.72. The smallest absolute Gasteiger partial charge is 0.191 e. The average Bonchev–Trinajstić information content (AvgIpc) is 2.73. The molecule has 1 aliphatic rings. The molecule has 164 valence electrons. The molecule has 0 nitrogen and oxygen atoms in total. The largest absolute Gasteiger partial charge is 0.458 e. The Bertz CT molecular complexity index is 797. The van der Waals surface area contributed by atoms with Gasteiger partial charge in [-0.3, -0.25) is 0 Å². The fourth-order valence-electron chi connectivity index (χ4n) is 4.45. The van der Waals surface area contributed by atoms with Crippen LogP contribution in [0.25, 0.3) is 11.1 Å². The van der Waals surface area contributed by atoms with Gasteiger partial charge in [0.25, 0.3) is 0 Å². The summed E-state index contributed by atoms with van der Waals surface area (Å²) in [6.07, 6.45) is 1.83. The number of hydrogen-bond donors (Lipinski definition) is 0. The lowest BCUT2D eigenvalue weighted by Crippen LogP contribution is -2.33. The fourth-order valence-corrected chi connectivity index (χ4v) is 4.45. The summed E-state index contributed by atoms with van der Waals surface area (Å²) in [5, 5.41) is 0. The van der Waals surface area contributed by atoms with Gasteiger partial charge < -0.3 is 0 Å². The summed E-state index contributed by atoms with van der Waals surface area (Å²) < 4.78 is 64.5. The quantitative estimate of drug-likeness (QED) is 0.407. The van der Waals surface area contributed by atoms with Crippen molar-refractivity contribution in [2.24, 2.45) is 11.8 Å². The summed E-state index contributed by atoms with van der Waals surface area (Å²) in [5.41, 5.74) is 1.68. The van der Waals surface area contributed by atoms with Gasteiger partial charge in [-0.2, -0.15) is 22.0 Å². The Balaban J connectivity index is 1.64. The third-order valence-electron chi connectivity index (χ3n) is 6.60. The van der Waals surface area contributed by atoms with E-state index >= 15 is 0 Å². The van der Waals surface area contributed by atoms with Crippen molar-refractivity contribution >= 4 is 0 Å². The molecule has 0 amide bonds. The minimum absolute atomic E-state index is 0.542. The van der Waals surface area contributed by atoms with Gasteiger partial charge in [0.2, 0.25) is 0 Å². The molecule has 0 saturated heterocycles. The lowest BCUT2D eigenvalue weighted by atomic mass is 9.75. The van der Waals surface area contributed by atoms with Gasteiger partial charge in [0, 0.05) is 5.56 Å². The van der Waals surface area contributed by atoms with Gasteiger partial charge in [-0.15, -0.1) is 0 Å². The normalized spacial score (nSPS) is 21.4. The molecule has 1 unspecified atom stereocenters. The van der Waals surface area contributed by atoms with E-state index in [0.29, 0.717) is 11.5 Å². The zero-order chi connectivity index (χ0) is 21.9. The number of hydrogen-bond acceptors (Lipinski definition) is 0. The van der Waals surface area contributed by atoms with Crippen LogP contribution in [-0.4, -0.2) is 6.18 Å². The molecule has 1 aliphatic carbocycles. The van der Waals surface area contributed by atoms with Crippen LogP contribution in [0.3, 0.4) is 0 Å². The summed E-state index contributed by atoms with van der Waals surface area (Å²) in [6.45, 7) is 4.56. The van der Waals surface area contributed by atoms with Crippen molar-refractivity contribution in [1.29, 1.82) is 0 Å². The van der Waals surface area contributed by atoms with Crippen LogP contribution in [0, 0.1) is 11.8 Å². The van der Waals surface area contributed by atoms with Crippen molar-refractivity contribution in [2.75, 3.05) is 0 Å². The van der Waals surface area contributed by atoms with Crippen LogP contribution in [0.4, 0.5) is 22.0 Å². The highest BCUT2D eigenvalue weighted by Gasteiger charge is 2.58. The minimum Gasteiger partial charge on any atom is -0.191 e. The topological polar surface area (TPSA) is 0 Å². The Labute approximate surface area is 175 Å². The van der Waals surface area contributed by atoms with Crippen LogP contribution < -0.4 is 0 Å². The van der Waals surface area contributed by atoms with E-state index in [9.17, 15) is 22.0 Å². The maximum absolute atomic E-state index is 13.4. The summed E-state index contributed by atoms with van der Waals surface area (Å²) in [5.74, 6) is -2.69.